The predicted octanol–water partition coefficient (Wildman–Crippen LogP) is 3.56. The summed E-state index contributed by atoms with van der Waals surface area (Å²) in [4.78, 5) is 2.55. The summed E-state index contributed by atoms with van der Waals surface area (Å²) in [6, 6.07) is 8.01. The fourth-order valence-corrected chi connectivity index (χ4v) is 3.90. The number of benzene rings is 1. The molecule has 1 aromatic rings. The minimum Gasteiger partial charge on any atom is -0.324 e. The van der Waals surface area contributed by atoms with Crippen molar-refractivity contribution in [2.75, 3.05) is 25.4 Å². The Morgan fingerprint density at radius 1 is 1.53 bits per heavy atom. The molecule has 19 heavy (non-hydrogen) atoms. The van der Waals surface area contributed by atoms with Gasteiger partial charge in [-0.15, -0.1) is 0 Å². The zero-order valence-electron chi connectivity index (χ0n) is 11.5. The molecule has 0 radical (unpaired) electrons. The van der Waals surface area contributed by atoms with Gasteiger partial charge in [0.2, 0.25) is 0 Å². The minimum atomic E-state index is 0.0911. The Balaban J connectivity index is 1.81. The molecule has 2 nitrogen and oxygen atoms in total. The maximum absolute atomic E-state index is 6.26. The molecule has 0 saturated carbocycles. The van der Waals surface area contributed by atoms with Crippen molar-refractivity contribution in [3.8, 4) is 0 Å². The van der Waals surface area contributed by atoms with Crippen molar-refractivity contribution >= 4 is 23.4 Å². The third-order valence-electron chi connectivity index (χ3n) is 3.71. The topological polar surface area (TPSA) is 29.3 Å². The first-order valence-electron chi connectivity index (χ1n) is 7.04. The molecule has 2 unspecified atom stereocenters. The van der Waals surface area contributed by atoms with Gasteiger partial charge in [-0.3, -0.25) is 0 Å². The third-order valence-corrected chi connectivity index (χ3v) is 5.32. The van der Waals surface area contributed by atoms with Crippen LogP contribution in [0.4, 0.5) is 0 Å². The highest BCUT2D eigenvalue weighted by Gasteiger charge is 2.19. The van der Waals surface area contributed by atoms with E-state index in [4.69, 9.17) is 17.3 Å². The van der Waals surface area contributed by atoms with Gasteiger partial charge in [0.05, 0.1) is 0 Å². The SMILES string of the molecule is CCC1CN(CCC(N)c2cccc(Cl)c2)CCS1. The van der Waals surface area contributed by atoms with Crippen LogP contribution in [0.2, 0.25) is 5.02 Å². The molecule has 0 spiro atoms. The Bertz CT molecular complexity index is 399. The minimum absolute atomic E-state index is 0.0911. The average molecular weight is 299 g/mol. The van der Waals surface area contributed by atoms with Gasteiger partial charge in [-0.2, -0.15) is 11.8 Å². The van der Waals surface area contributed by atoms with Gasteiger partial charge in [0.15, 0.2) is 0 Å². The molecule has 1 aliphatic rings. The summed E-state index contributed by atoms with van der Waals surface area (Å²) >= 11 is 8.12. The van der Waals surface area contributed by atoms with E-state index in [1.807, 2.05) is 18.2 Å². The molecule has 1 aromatic carbocycles. The summed E-state index contributed by atoms with van der Waals surface area (Å²) in [7, 11) is 0. The molecule has 2 rings (SSSR count). The second-order valence-corrected chi connectivity index (χ2v) is 7.00. The second kappa shape index (κ2) is 7.53. The molecule has 0 bridgehead atoms. The van der Waals surface area contributed by atoms with E-state index in [9.17, 15) is 0 Å². The van der Waals surface area contributed by atoms with Crippen molar-refractivity contribution in [2.45, 2.75) is 31.1 Å². The molecule has 0 aliphatic carbocycles. The lowest BCUT2D eigenvalue weighted by molar-refractivity contribution is 0.270. The lowest BCUT2D eigenvalue weighted by Crippen LogP contribution is -2.39. The van der Waals surface area contributed by atoms with E-state index in [-0.39, 0.29) is 6.04 Å². The highest BCUT2D eigenvalue weighted by atomic mass is 35.5. The summed E-state index contributed by atoms with van der Waals surface area (Å²) < 4.78 is 0. The Labute approximate surface area is 125 Å². The fraction of sp³-hybridized carbons (Fsp3) is 0.600. The highest BCUT2D eigenvalue weighted by molar-refractivity contribution is 8.00. The first kappa shape index (κ1) is 15.2. The standard InChI is InChI=1S/C15H23ClN2S/c1-2-14-11-18(8-9-19-14)7-6-15(17)12-4-3-5-13(16)10-12/h3-5,10,14-15H,2,6-9,11,17H2,1H3. The Kier molecular flexibility index (Phi) is 6.02. The smallest absolute Gasteiger partial charge is 0.0409 e. The molecule has 1 heterocycles. The van der Waals surface area contributed by atoms with E-state index in [2.05, 4.69) is 29.7 Å². The van der Waals surface area contributed by atoms with Crippen molar-refractivity contribution in [3.05, 3.63) is 34.9 Å². The normalized spacial score (nSPS) is 22.4. The summed E-state index contributed by atoms with van der Waals surface area (Å²) in [6.45, 7) is 5.77. The first-order valence-corrected chi connectivity index (χ1v) is 8.46. The summed E-state index contributed by atoms with van der Waals surface area (Å²) in [5.41, 5.74) is 7.40. The molecule has 4 heteroatoms. The van der Waals surface area contributed by atoms with E-state index in [0.29, 0.717) is 0 Å². The number of halogens is 1. The molecule has 2 atom stereocenters. The number of hydrogen-bond acceptors (Lipinski definition) is 3. The lowest BCUT2D eigenvalue weighted by atomic mass is 10.0. The number of thioether (sulfide) groups is 1. The molecule has 106 valence electrons. The van der Waals surface area contributed by atoms with Crippen LogP contribution in [0, 0.1) is 0 Å². The molecule has 1 fully saturated rings. The molecular weight excluding hydrogens is 276 g/mol. The van der Waals surface area contributed by atoms with Gasteiger partial charge in [-0.1, -0.05) is 30.7 Å². The van der Waals surface area contributed by atoms with E-state index in [1.165, 1.54) is 25.3 Å². The van der Waals surface area contributed by atoms with Crippen molar-refractivity contribution in [1.29, 1.82) is 0 Å². The molecule has 2 N–H and O–H groups in total. The zero-order valence-corrected chi connectivity index (χ0v) is 13.1. The molecular formula is C15H23ClN2S. The molecule has 0 amide bonds. The van der Waals surface area contributed by atoms with Gasteiger partial charge >= 0.3 is 0 Å². The lowest BCUT2D eigenvalue weighted by Gasteiger charge is -2.32. The Morgan fingerprint density at radius 3 is 3.11 bits per heavy atom. The van der Waals surface area contributed by atoms with Crippen LogP contribution >= 0.6 is 23.4 Å². The van der Waals surface area contributed by atoms with Crippen LogP contribution in [0.3, 0.4) is 0 Å². The van der Waals surface area contributed by atoms with Crippen LogP contribution in [-0.4, -0.2) is 35.5 Å². The largest absolute Gasteiger partial charge is 0.324 e. The molecule has 1 aliphatic heterocycles. The maximum atomic E-state index is 6.26. The fourth-order valence-electron chi connectivity index (χ4n) is 2.46. The van der Waals surface area contributed by atoms with E-state index >= 15 is 0 Å². The van der Waals surface area contributed by atoms with Crippen molar-refractivity contribution < 1.29 is 0 Å². The van der Waals surface area contributed by atoms with Crippen LogP contribution < -0.4 is 5.73 Å². The average Bonchev–Trinajstić information content (AvgIpc) is 2.45. The van der Waals surface area contributed by atoms with Gasteiger partial charge in [0.25, 0.3) is 0 Å². The first-order chi connectivity index (χ1) is 9.19. The summed E-state index contributed by atoms with van der Waals surface area (Å²) in [5, 5.41) is 1.57. The third kappa shape index (κ3) is 4.67. The Hall–Kier alpha value is -0.220. The van der Waals surface area contributed by atoms with Gasteiger partial charge < -0.3 is 10.6 Å². The number of nitrogens with two attached hydrogens (primary N) is 1. The van der Waals surface area contributed by atoms with Crippen molar-refractivity contribution in [2.24, 2.45) is 5.73 Å². The second-order valence-electron chi connectivity index (χ2n) is 5.15. The van der Waals surface area contributed by atoms with Gasteiger partial charge in [-0.05, 0) is 30.5 Å². The van der Waals surface area contributed by atoms with Gasteiger partial charge in [-0.25, -0.2) is 0 Å². The number of nitrogens with zero attached hydrogens (tertiary/aromatic N) is 1. The van der Waals surface area contributed by atoms with Crippen LogP contribution in [0.1, 0.15) is 31.4 Å². The van der Waals surface area contributed by atoms with Gasteiger partial charge in [0.1, 0.15) is 0 Å². The molecule has 0 aromatic heterocycles. The monoisotopic (exact) mass is 298 g/mol. The molecule has 1 saturated heterocycles. The van der Waals surface area contributed by atoms with Gasteiger partial charge in [0, 0.05) is 41.7 Å². The Morgan fingerprint density at radius 2 is 2.37 bits per heavy atom. The van der Waals surface area contributed by atoms with Crippen molar-refractivity contribution in [1.82, 2.24) is 4.90 Å². The van der Waals surface area contributed by atoms with Crippen LogP contribution in [0.5, 0.6) is 0 Å². The van der Waals surface area contributed by atoms with Crippen LogP contribution in [0.15, 0.2) is 24.3 Å². The number of rotatable bonds is 5. The predicted molar refractivity (Wildman–Crippen MR) is 86.0 cm³/mol. The van der Waals surface area contributed by atoms with Crippen LogP contribution in [-0.2, 0) is 0 Å². The van der Waals surface area contributed by atoms with Crippen molar-refractivity contribution in [3.63, 3.8) is 0 Å². The summed E-state index contributed by atoms with van der Waals surface area (Å²) in [5.74, 6) is 1.25. The maximum Gasteiger partial charge on any atom is 0.0409 e. The number of hydrogen-bond donors (Lipinski definition) is 1. The quantitative estimate of drug-likeness (QED) is 0.901. The van der Waals surface area contributed by atoms with E-state index in [0.717, 1.165) is 28.8 Å². The van der Waals surface area contributed by atoms with E-state index < -0.39 is 0 Å². The zero-order chi connectivity index (χ0) is 13.7. The van der Waals surface area contributed by atoms with Crippen LogP contribution in [0.25, 0.3) is 0 Å². The summed E-state index contributed by atoms with van der Waals surface area (Å²) in [6.07, 6.45) is 2.27. The van der Waals surface area contributed by atoms with E-state index in [1.54, 1.807) is 0 Å². The highest BCUT2D eigenvalue weighted by Crippen LogP contribution is 2.23.